The quantitative estimate of drug-likeness (QED) is 0.727. The highest BCUT2D eigenvalue weighted by Crippen LogP contribution is 2.27. The molecule has 0 bridgehead atoms. The van der Waals surface area contributed by atoms with Crippen LogP contribution in [0.4, 0.5) is 0 Å². The Morgan fingerprint density at radius 3 is 2.90 bits per heavy atom. The van der Waals surface area contributed by atoms with Gasteiger partial charge in [0.05, 0.1) is 6.61 Å². The minimum Gasteiger partial charge on any atom is -0.465 e. The standard InChI is InChI=1S/C12H11Br2N3O3/c1-3-19-12(18)6(2)11-16-10(17-20-11)9-8(14)4-7(13)5-15-9/h4-6H,3H2,1-2H3. The van der Waals surface area contributed by atoms with E-state index in [-0.39, 0.29) is 5.89 Å². The zero-order valence-electron chi connectivity index (χ0n) is 10.8. The lowest BCUT2D eigenvalue weighted by atomic mass is 10.2. The van der Waals surface area contributed by atoms with E-state index in [2.05, 4.69) is 47.0 Å². The van der Waals surface area contributed by atoms with Crippen LogP contribution in [0.25, 0.3) is 11.5 Å². The molecule has 2 aromatic rings. The smallest absolute Gasteiger partial charge is 0.318 e. The van der Waals surface area contributed by atoms with Crippen molar-refractivity contribution in [3.63, 3.8) is 0 Å². The van der Waals surface area contributed by atoms with E-state index >= 15 is 0 Å². The van der Waals surface area contributed by atoms with Gasteiger partial charge in [0, 0.05) is 15.1 Å². The maximum Gasteiger partial charge on any atom is 0.318 e. The summed E-state index contributed by atoms with van der Waals surface area (Å²) in [6.07, 6.45) is 1.63. The van der Waals surface area contributed by atoms with Crippen molar-refractivity contribution in [3.8, 4) is 11.5 Å². The molecule has 8 heteroatoms. The second kappa shape index (κ2) is 6.45. The summed E-state index contributed by atoms with van der Waals surface area (Å²) in [5, 5.41) is 3.84. The number of rotatable bonds is 4. The summed E-state index contributed by atoms with van der Waals surface area (Å²) >= 11 is 6.69. The van der Waals surface area contributed by atoms with Crippen molar-refractivity contribution in [3.05, 3.63) is 27.1 Å². The summed E-state index contributed by atoms with van der Waals surface area (Å²) in [6, 6.07) is 1.83. The van der Waals surface area contributed by atoms with Crippen molar-refractivity contribution in [2.24, 2.45) is 0 Å². The molecule has 0 aliphatic heterocycles. The van der Waals surface area contributed by atoms with Gasteiger partial charge >= 0.3 is 5.97 Å². The molecule has 0 amide bonds. The monoisotopic (exact) mass is 403 g/mol. The molecule has 0 aromatic carbocycles. The van der Waals surface area contributed by atoms with E-state index in [9.17, 15) is 4.79 Å². The van der Waals surface area contributed by atoms with E-state index in [0.717, 1.165) is 8.95 Å². The Balaban J connectivity index is 2.26. The fourth-order valence-corrected chi connectivity index (χ4v) is 2.62. The highest BCUT2D eigenvalue weighted by Gasteiger charge is 2.24. The van der Waals surface area contributed by atoms with Crippen molar-refractivity contribution in [2.45, 2.75) is 19.8 Å². The number of hydrogen-bond acceptors (Lipinski definition) is 6. The number of aromatic nitrogens is 3. The predicted molar refractivity (Wildman–Crippen MR) is 78.0 cm³/mol. The maximum atomic E-state index is 11.6. The summed E-state index contributed by atoms with van der Waals surface area (Å²) in [6.45, 7) is 3.70. The third kappa shape index (κ3) is 3.24. The van der Waals surface area contributed by atoms with Crippen LogP contribution in [-0.4, -0.2) is 27.7 Å². The third-order valence-corrected chi connectivity index (χ3v) is 3.51. The predicted octanol–water partition coefficient (Wildman–Crippen LogP) is 3.32. The molecular formula is C12H11Br2N3O3. The Labute approximate surface area is 132 Å². The Bertz CT molecular complexity index is 630. The van der Waals surface area contributed by atoms with Gasteiger partial charge in [-0.15, -0.1) is 0 Å². The summed E-state index contributed by atoms with van der Waals surface area (Å²) in [5.74, 6) is -0.485. The van der Waals surface area contributed by atoms with E-state index in [4.69, 9.17) is 9.26 Å². The van der Waals surface area contributed by atoms with Crippen LogP contribution in [-0.2, 0) is 9.53 Å². The second-order valence-corrected chi connectivity index (χ2v) is 5.68. The summed E-state index contributed by atoms with van der Waals surface area (Å²) < 4.78 is 11.6. The molecule has 2 rings (SSSR count). The molecule has 0 aliphatic rings. The van der Waals surface area contributed by atoms with Gasteiger partial charge in [-0.3, -0.25) is 9.78 Å². The van der Waals surface area contributed by atoms with Gasteiger partial charge < -0.3 is 9.26 Å². The van der Waals surface area contributed by atoms with Crippen LogP contribution in [0.2, 0.25) is 0 Å². The summed E-state index contributed by atoms with van der Waals surface area (Å²) in [7, 11) is 0. The maximum absolute atomic E-state index is 11.6. The number of carbonyl (C=O) groups is 1. The first-order valence-electron chi connectivity index (χ1n) is 5.84. The molecule has 20 heavy (non-hydrogen) atoms. The van der Waals surface area contributed by atoms with E-state index < -0.39 is 11.9 Å². The van der Waals surface area contributed by atoms with E-state index in [1.165, 1.54) is 0 Å². The Kier molecular flexibility index (Phi) is 4.87. The molecule has 0 fully saturated rings. The molecule has 0 saturated heterocycles. The highest BCUT2D eigenvalue weighted by atomic mass is 79.9. The van der Waals surface area contributed by atoms with Crippen LogP contribution in [0.1, 0.15) is 25.7 Å². The second-order valence-electron chi connectivity index (χ2n) is 3.91. The summed E-state index contributed by atoms with van der Waals surface area (Å²) in [5.41, 5.74) is 0.541. The van der Waals surface area contributed by atoms with Crippen molar-refractivity contribution in [1.82, 2.24) is 15.1 Å². The Morgan fingerprint density at radius 1 is 1.50 bits per heavy atom. The van der Waals surface area contributed by atoms with Crippen LogP contribution in [0.3, 0.4) is 0 Å². The normalized spacial score (nSPS) is 12.2. The van der Waals surface area contributed by atoms with Crippen molar-refractivity contribution in [2.75, 3.05) is 6.61 Å². The molecule has 106 valence electrons. The SMILES string of the molecule is CCOC(=O)C(C)c1nc(-c2ncc(Br)cc2Br)no1. The molecule has 1 unspecified atom stereocenters. The molecule has 6 nitrogen and oxygen atoms in total. The van der Waals surface area contributed by atoms with Gasteiger partial charge in [0.2, 0.25) is 11.7 Å². The first kappa shape index (κ1) is 15.1. The number of pyridine rings is 1. The van der Waals surface area contributed by atoms with Gasteiger partial charge in [-0.05, 0) is 51.8 Å². The molecule has 2 aromatic heterocycles. The fourth-order valence-electron chi connectivity index (χ4n) is 1.45. The number of carbonyl (C=O) groups excluding carboxylic acids is 1. The number of esters is 1. The van der Waals surface area contributed by atoms with Crippen LogP contribution in [0, 0.1) is 0 Å². The van der Waals surface area contributed by atoms with Crippen molar-refractivity contribution >= 4 is 37.8 Å². The number of ether oxygens (including phenoxy) is 1. The molecule has 0 spiro atoms. The zero-order valence-corrected chi connectivity index (χ0v) is 13.9. The lowest BCUT2D eigenvalue weighted by molar-refractivity contribution is -0.145. The number of hydrogen-bond donors (Lipinski definition) is 0. The molecule has 0 radical (unpaired) electrons. The lowest BCUT2D eigenvalue weighted by Crippen LogP contribution is -2.13. The minimum absolute atomic E-state index is 0.204. The van der Waals surface area contributed by atoms with Gasteiger partial charge in [-0.2, -0.15) is 4.98 Å². The Hall–Kier alpha value is -1.28. The fraction of sp³-hybridized carbons (Fsp3) is 0.333. The van der Waals surface area contributed by atoms with Crippen molar-refractivity contribution < 1.29 is 14.1 Å². The summed E-state index contributed by atoms with van der Waals surface area (Å²) in [4.78, 5) is 20.0. The van der Waals surface area contributed by atoms with Gasteiger partial charge in [0.25, 0.3) is 0 Å². The zero-order chi connectivity index (χ0) is 14.7. The average Bonchev–Trinajstić information content (AvgIpc) is 2.87. The molecular weight excluding hydrogens is 394 g/mol. The molecule has 1 atom stereocenters. The molecule has 0 N–H and O–H groups in total. The first-order valence-corrected chi connectivity index (χ1v) is 7.43. The van der Waals surface area contributed by atoms with E-state index in [0.29, 0.717) is 18.1 Å². The third-order valence-electron chi connectivity index (χ3n) is 2.47. The van der Waals surface area contributed by atoms with Gasteiger partial charge in [-0.1, -0.05) is 5.16 Å². The van der Waals surface area contributed by atoms with Gasteiger partial charge in [0.15, 0.2) is 0 Å². The van der Waals surface area contributed by atoms with E-state index in [1.54, 1.807) is 20.0 Å². The van der Waals surface area contributed by atoms with Gasteiger partial charge in [0.1, 0.15) is 11.6 Å². The largest absolute Gasteiger partial charge is 0.465 e. The highest BCUT2D eigenvalue weighted by molar-refractivity contribution is 9.11. The topological polar surface area (TPSA) is 78.1 Å². The minimum atomic E-state index is -0.606. The Morgan fingerprint density at radius 2 is 2.25 bits per heavy atom. The van der Waals surface area contributed by atoms with Crippen LogP contribution >= 0.6 is 31.9 Å². The van der Waals surface area contributed by atoms with Crippen LogP contribution in [0.15, 0.2) is 25.7 Å². The first-order chi connectivity index (χ1) is 9.52. The average molecular weight is 405 g/mol. The van der Waals surface area contributed by atoms with E-state index in [1.807, 2.05) is 6.07 Å². The van der Waals surface area contributed by atoms with Crippen LogP contribution in [0.5, 0.6) is 0 Å². The number of nitrogens with zero attached hydrogens (tertiary/aromatic N) is 3. The number of halogens is 2. The van der Waals surface area contributed by atoms with Crippen LogP contribution < -0.4 is 0 Å². The van der Waals surface area contributed by atoms with Crippen molar-refractivity contribution in [1.29, 1.82) is 0 Å². The molecule has 0 aliphatic carbocycles. The van der Waals surface area contributed by atoms with Gasteiger partial charge in [-0.25, -0.2) is 0 Å². The molecule has 2 heterocycles. The molecule has 0 saturated carbocycles. The lowest BCUT2D eigenvalue weighted by Gasteiger charge is -2.04.